The Labute approximate surface area is 699 Å². The van der Waals surface area contributed by atoms with E-state index in [2.05, 4.69) is 37.2 Å². The minimum Gasteiger partial charge on any atom is -0.508 e. The fourth-order valence-electron chi connectivity index (χ4n) is 15.7. The lowest BCUT2D eigenvalue weighted by Crippen LogP contribution is -2.62. The van der Waals surface area contributed by atoms with Crippen molar-refractivity contribution < 1.29 is 152 Å². The van der Waals surface area contributed by atoms with E-state index in [-0.39, 0.29) is 63.7 Å². The van der Waals surface area contributed by atoms with Crippen molar-refractivity contribution in [1.29, 1.82) is 0 Å². The van der Waals surface area contributed by atoms with Gasteiger partial charge in [0.15, 0.2) is 36.2 Å². The number of amides is 6. The zero-order valence-electron chi connectivity index (χ0n) is 65.8. The summed E-state index contributed by atoms with van der Waals surface area (Å²) in [7, 11) is 1.39. The second kappa shape index (κ2) is 36.5. The third kappa shape index (κ3) is 18.5. The Morgan fingerprint density at radius 2 is 1.06 bits per heavy atom. The number of nitrogens with two attached hydrogens (primary N) is 2. The Morgan fingerprint density at radius 3 is 1.64 bits per heavy atom. The summed E-state index contributed by atoms with van der Waals surface area (Å²) in [6.45, 7) is 3.46. The molecule has 123 heavy (non-hydrogen) atoms. The van der Waals surface area contributed by atoms with Crippen molar-refractivity contribution >= 4 is 41.4 Å². The highest BCUT2D eigenvalue weighted by Gasteiger charge is 2.52. The molecule has 40 heteroatoms. The zero-order valence-corrected chi connectivity index (χ0v) is 65.8. The van der Waals surface area contributed by atoms with Gasteiger partial charge in [0.1, 0.15) is 125 Å². The number of carboxylic acid groups (broad SMARTS) is 1. The molecule has 27 atom stereocenters. The van der Waals surface area contributed by atoms with Crippen molar-refractivity contribution in [1.82, 2.24) is 37.2 Å². The topological polar surface area (TPSA) is 631 Å². The summed E-state index contributed by atoms with van der Waals surface area (Å²) in [5.74, 6) is -14.2. The lowest BCUT2D eigenvalue weighted by molar-refractivity contribution is -0.330. The van der Waals surface area contributed by atoms with Gasteiger partial charge in [-0.15, -0.1) is 0 Å². The smallest absolute Gasteiger partial charge is 0.330 e. The normalized spacial score (nSPS) is 32.5. The van der Waals surface area contributed by atoms with E-state index in [0.29, 0.717) is 0 Å². The summed E-state index contributed by atoms with van der Waals surface area (Å²) in [5.41, 5.74) is 10.4. The molecule has 0 radical (unpaired) electrons. The van der Waals surface area contributed by atoms with Crippen molar-refractivity contribution in [3.05, 3.63) is 178 Å². The van der Waals surface area contributed by atoms with Gasteiger partial charge in [-0.05, 0) is 140 Å². The molecule has 7 aromatic rings. The molecule has 0 aromatic heterocycles. The maximum absolute atomic E-state index is 16.6. The summed E-state index contributed by atoms with van der Waals surface area (Å²) in [6.07, 6.45) is -28.4. The number of hydrogen-bond donors (Lipinski definition) is 23. The van der Waals surface area contributed by atoms with Crippen LogP contribution in [-0.2, 0) is 62.0 Å². The molecule has 4 fully saturated rings. The van der Waals surface area contributed by atoms with Gasteiger partial charge in [0.05, 0.1) is 37.1 Å². The standard InChI is InChI=1S/C83H93N9O31/c1-31-64(98)47(84)28-54(114-31)121-72-37-11-20-43(21-12-37)118-52-25-39-24-51(73(52)123-83-74(70(104)68(102)53(30-93)120-83)122-55-29-48(85)65(99)32(2)115-55)117-42-18-9-36(10-19-42)67(101)62(91-75(106)57(86-4)34-7-16-44(17-8-34)119-82-71(105)69(103)66(100)33(3)116-82)79(110)87-58(35-5-14-40(94)15-6-35)76(107)89-60(39)78(109)88-59-38-13-22-49(96)45(23-38)56-46(26-41(95)27-50(56)97)61(81(112)113)90-80(111)63(72)92-77(59)108/h5-27,31-33,47-48,53-55,57-72,74,82-83,86,93-105H,28-30,84-85H2,1-4H3,(H,87,110)(H,88,109)(H,89,107)(H,90,111)(H,91,106)(H,92,108)(H,112,113). The molecule has 6 amide bonds. The Morgan fingerprint density at radius 1 is 0.512 bits per heavy atom. The van der Waals surface area contributed by atoms with Crippen LogP contribution in [0.1, 0.15) is 115 Å². The highest BCUT2D eigenvalue weighted by atomic mass is 16.8. The number of aliphatic hydroxyl groups is 9. The van der Waals surface area contributed by atoms with Crippen molar-refractivity contribution in [2.75, 3.05) is 13.7 Å². The first kappa shape index (κ1) is 87.8. The summed E-state index contributed by atoms with van der Waals surface area (Å²) in [5, 5.41) is 175. The van der Waals surface area contributed by atoms with E-state index in [9.17, 15) is 81.1 Å². The van der Waals surface area contributed by atoms with Crippen LogP contribution < -0.4 is 67.6 Å². The van der Waals surface area contributed by atoms with Gasteiger partial charge >= 0.3 is 5.97 Å². The minimum absolute atomic E-state index is 0.0356. The summed E-state index contributed by atoms with van der Waals surface area (Å²) in [4.78, 5) is 109. The molecule has 656 valence electrons. The van der Waals surface area contributed by atoms with Gasteiger partial charge in [0.2, 0.25) is 53.8 Å². The molecular weight excluding hydrogens is 1620 g/mol. The number of aromatic hydroxyl groups is 4. The average molecular weight is 1710 g/mol. The van der Waals surface area contributed by atoms with Crippen LogP contribution in [0.5, 0.6) is 57.5 Å². The number of nitrogens with one attached hydrogen (secondary N) is 7. The Kier molecular flexibility index (Phi) is 26.1. The largest absolute Gasteiger partial charge is 0.508 e. The van der Waals surface area contributed by atoms with E-state index in [4.69, 9.17) is 58.8 Å². The number of phenols is 4. The summed E-state index contributed by atoms with van der Waals surface area (Å²) < 4.78 is 63.2. The van der Waals surface area contributed by atoms with Gasteiger partial charge in [-0.1, -0.05) is 54.6 Å². The number of fused-ring (bicyclic) bond motifs is 15. The van der Waals surface area contributed by atoms with Crippen LogP contribution in [0.25, 0.3) is 11.1 Å². The van der Waals surface area contributed by atoms with Crippen molar-refractivity contribution in [3.8, 4) is 68.6 Å². The maximum atomic E-state index is 16.6. The predicted molar refractivity (Wildman–Crippen MR) is 419 cm³/mol. The average Bonchev–Trinajstić information content (AvgIpc) is 0.764. The number of carbonyl (C=O) groups excluding carboxylic acids is 6. The first-order chi connectivity index (χ1) is 58.6. The van der Waals surface area contributed by atoms with E-state index in [1.165, 1.54) is 113 Å². The second-order valence-electron chi connectivity index (χ2n) is 30.9. The van der Waals surface area contributed by atoms with Crippen molar-refractivity contribution in [3.63, 3.8) is 0 Å². The lowest BCUT2D eigenvalue weighted by Gasteiger charge is -2.44. The predicted octanol–water partition coefficient (Wildman–Crippen LogP) is -1.01. The summed E-state index contributed by atoms with van der Waals surface area (Å²) >= 11 is 0. The van der Waals surface area contributed by atoms with Gasteiger partial charge in [-0.25, -0.2) is 4.79 Å². The van der Waals surface area contributed by atoms with Gasteiger partial charge < -0.3 is 168 Å². The highest BCUT2D eigenvalue weighted by Crippen LogP contribution is 2.49. The number of benzene rings is 7. The number of ether oxygens (including phenoxy) is 10. The van der Waals surface area contributed by atoms with Crippen LogP contribution in [0.2, 0.25) is 0 Å². The zero-order chi connectivity index (χ0) is 88.0. The lowest BCUT2D eigenvalue weighted by atomic mass is 9.89. The number of aliphatic carboxylic acids is 1. The molecule has 4 saturated heterocycles. The quantitative estimate of drug-likeness (QED) is 0.0585. The molecule has 9 aliphatic rings. The van der Waals surface area contributed by atoms with Crippen LogP contribution in [0.4, 0.5) is 0 Å². The van der Waals surface area contributed by atoms with Crippen LogP contribution in [0.15, 0.2) is 140 Å². The van der Waals surface area contributed by atoms with Crippen LogP contribution in [0, 0.1) is 0 Å². The molecule has 16 rings (SSSR count). The summed E-state index contributed by atoms with van der Waals surface area (Å²) in [6, 6.07) is 11.1. The van der Waals surface area contributed by atoms with Gasteiger partial charge in [-0.3, -0.25) is 28.8 Å². The number of phenolic OH excluding ortho intramolecular Hbond substituents is 4. The van der Waals surface area contributed by atoms with Crippen LogP contribution in [-0.4, -0.2) is 249 Å². The first-order valence-corrected chi connectivity index (χ1v) is 39.2. The Bertz CT molecular complexity index is 5040. The first-order valence-electron chi connectivity index (χ1n) is 39.2. The third-order valence-electron chi connectivity index (χ3n) is 22.5. The highest BCUT2D eigenvalue weighted by molar-refractivity contribution is 6.00. The number of likely N-dealkylation sites (N-methyl/N-ethyl adjacent to an activating group) is 1. The molecule has 11 bridgehead atoms. The SMILES string of the molecule is CNC(C(=O)NC1C(=O)NC(c2ccc(O)cc2)C(=O)NC2C(=O)NC3C(=O)NC(C(=O)NC(C(=O)O)c4cc(O)cc(O)c4-c4cc3ccc4O)C(OC3CC(N)C(O)C(C)O3)c3ccc(cc3)Oc3cc2cc(c3OC2OC(CO)C(O)C(O)C2OC2CC(N)C(O)C(C)O2)Oc2ccc(cc2)C1O)c1ccc(OC2OC(C)C(O)C(O)C2O)cc1. The molecule has 7 aromatic carbocycles. The molecule has 9 heterocycles. The number of hydrogen-bond acceptors (Lipinski definition) is 33. The van der Waals surface area contributed by atoms with E-state index in [0.717, 1.165) is 54.6 Å². The van der Waals surface area contributed by atoms with Gasteiger partial charge in [0.25, 0.3) is 0 Å². The number of carboxylic acids is 1. The van der Waals surface area contributed by atoms with Crippen LogP contribution >= 0.6 is 0 Å². The van der Waals surface area contributed by atoms with E-state index >= 15 is 24.0 Å². The number of rotatable bonds is 15. The second-order valence-corrected chi connectivity index (χ2v) is 30.9. The molecular formula is C83H93N9O31. The number of aliphatic hydroxyl groups excluding tert-OH is 9. The minimum atomic E-state index is -2.33. The maximum Gasteiger partial charge on any atom is 0.330 e. The molecule has 9 aliphatic heterocycles. The van der Waals surface area contributed by atoms with E-state index < -0.39 is 270 Å². The Hall–Kier alpha value is -11.5. The molecule has 0 saturated carbocycles. The van der Waals surface area contributed by atoms with Crippen molar-refractivity contribution in [2.45, 2.75) is 199 Å². The number of carbonyl (C=O) groups is 7. The monoisotopic (exact) mass is 1710 g/mol. The third-order valence-corrected chi connectivity index (χ3v) is 22.5. The Balaban J connectivity index is 0.954. The van der Waals surface area contributed by atoms with E-state index in [1.54, 1.807) is 0 Å². The van der Waals surface area contributed by atoms with Crippen molar-refractivity contribution in [2.24, 2.45) is 11.5 Å². The molecule has 40 nitrogen and oxygen atoms in total. The fraction of sp³-hybridized carbons (Fsp3) is 0.410. The van der Waals surface area contributed by atoms with E-state index in [1.807, 2.05) is 0 Å². The molecule has 0 spiro atoms. The molecule has 0 aliphatic carbocycles. The van der Waals surface area contributed by atoms with Gasteiger partial charge in [0, 0.05) is 47.7 Å². The molecule has 25 N–H and O–H groups in total. The fourth-order valence-corrected chi connectivity index (χ4v) is 15.7. The molecule has 27 unspecified atom stereocenters. The van der Waals surface area contributed by atoms with Crippen LogP contribution in [0.3, 0.4) is 0 Å². The van der Waals surface area contributed by atoms with Gasteiger partial charge in [-0.2, -0.15) is 0 Å².